The summed E-state index contributed by atoms with van der Waals surface area (Å²) in [5, 5.41) is 9.68. The number of ketones is 1. The number of aliphatic hydroxyl groups is 1. The number of ether oxygens (including phenoxy) is 2. The van der Waals surface area contributed by atoms with Crippen molar-refractivity contribution in [2.75, 3.05) is 0 Å². The molecular formula is C20H30O6. The number of esters is 2. The number of hydrogen-bond acceptors (Lipinski definition) is 6. The number of hydrogen-bond donors (Lipinski definition) is 1. The van der Waals surface area contributed by atoms with Crippen LogP contribution >= 0.6 is 0 Å². The second-order valence-electron chi connectivity index (χ2n) is 8.01. The van der Waals surface area contributed by atoms with E-state index in [-0.39, 0.29) is 42.0 Å². The molecule has 1 saturated heterocycles. The maximum absolute atomic E-state index is 12.4. The summed E-state index contributed by atoms with van der Waals surface area (Å²) in [6.45, 7) is 8.97. The fourth-order valence-corrected chi connectivity index (χ4v) is 3.68. The van der Waals surface area contributed by atoms with Crippen molar-refractivity contribution in [1.82, 2.24) is 0 Å². The van der Waals surface area contributed by atoms with E-state index in [2.05, 4.69) is 0 Å². The van der Waals surface area contributed by atoms with Gasteiger partial charge >= 0.3 is 11.9 Å². The highest BCUT2D eigenvalue weighted by atomic mass is 16.6. The SMILES string of the molecule is CC(C)[C@@H]1[C@@H]2CC(=CCC(=O)[C@H](C)C[C@@H]1OC(=O)[C@H](C)[C@@H](C)O)C(=O)O2. The van der Waals surface area contributed by atoms with Crippen LogP contribution in [0.3, 0.4) is 0 Å². The lowest BCUT2D eigenvalue weighted by molar-refractivity contribution is -0.167. The van der Waals surface area contributed by atoms with E-state index in [4.69, 9.17) is 9.47 Å². The molecule has 0 aromatic heterocycles. The number of Topliss-reactive ketones (excluding diaryl/α,β-unsaturated/α-hetero) is 1. The summed E-state index contributed by atoms with van der Waals surface area (Å²) in [6.07, 6.45) is 0.959. The number of carbonyl (C=O) groups is 3. The quantitative estimate of drug-likeness (QED) is 0.769. The molecule has 0 radical (unpaired) electrons. The largest absolute Gasteiger partial charge is 0.462 e. The summed E-state index contributed by atoms with van der Waals surface area (Å²) >= 11 is 0. The molecule has 0 saturated carbocycles. The van der Waals surface area contributed by atoms with E-state index in [1.54, 1.807) is 19.9 Å². The molecule has 1 N–H and O–H groups in total. The highest BCUT2D eigenvalue weighted by molar-refractivity contribution is 5.92. The zero-order chi connectivity index (χ0) is 19.6. The van der Waals surface area contributed by atoms with Crippen LogP contribution in [0.1, 0.15) is 53.9 Å². The summed E-state index contributed by atoms with van der Waals surface area (Å²) in [4.78, 5) is 37.0. The summed E-state index contributed by atoms with van der Waals surface area (Å²) in [6, 6.07) is 0. The molecule has 146 valence electrons. The van der Waals surface area contributed by atoms with Gasteiger partial charge in [-0.3, -0.25) is 9.59 Å². The minimum absolute atomic E-state index is 0.0165. The fourth-order valence-electron chi connectivity index (χ4n) is 3.68. The van der Waals surface area contributed by atoms with Crippen molar-refractivity contribution in [3.05, 3.63) is 11.6 Å². The minimum Gasteiger partial charge on any atom is -0.462 e. The van der Waals surface area contributed by atoms with Crippen LogP contribution in [-0.4, -0.2) is 41.1 Å². The van der Waals surface area contributed by atoms with Crippen LogP contribution in [-0.2, 0) is 23.9 Å². The third-order valence-corrected chi connectivity index (χ3v) is 5.62. The average Bonchev–Trinajstić information content (AvgIpc) is 2.90. The van der Waals surface area contributed by atoms with Gasteiger partial charge in [-0.1, -0.05) is 26.8 Å². The molecule has 1 aliphatic heterocycles. The van der Waals surface area contributed by atoms with E-state index in [0.29, 0.717) is 18.4 Å². The number of aliphatic hydroxyl groups excluding tert-OH is 1. The van der Waals surface area contributed by atoms with E-state index in [1.165, 1.54) is 0 Å². The number of carbonyl (C=O) groups excluding carboxylic acids is 3. The second-order valence-corrected chi connectivity index (χ2v) is 8.01. The van der Waals surface area contributed by atoms with Crippen molar-refractivity contribution in [1.29, 1.82) is 0 Å². The molecule has 6 heteroatoms. The van der Waals surface area contributed by atoms with Crippen molar-refractivity contribution in [3.63, 3.8) is 0 Å². The molecule has 1 aliphatic carbocycles. The highest BCUT2D eigenvalue weighted by Crippen LogP contribution is 2.37. The Morgan fingerprint density at radius 2 is 1.92 bits per heavy atom. The normalized spacial score (nSPS) is 31.9. The average molecular weight is 366 g/mol. The maximum Gasteiger partial charge on any atom is 0.334 e. The Labute approximate surface area is 154 Å². The molecule has 6 nitrogen and oxygen atoms in total. The van der Waals surface area contributed by atoms with Crippen LogP contribution in [0.2, 0.25) is 0 Å². The van der Waals surface area contributed by atoms with Crippen molar-refractivity contribution in [3.8, 4) is 0 Å². The van der Waals surface area contributed by atoms with E-state index in [1.807, 2.05) is 20.8 Å². The molecule has 6 atom stereocenters. The van der Waals surface area contributed by atoms with Gasteiger partial charge in [0, 0.05) is 30.3 Å². The third-order valence-electron chi connectivity index (χ3n) is 5.62. The first-order chi connectivity index (χ1) is 12.1. The van der Waals surface area contributed by atoms with E-state index < -0.39 is 24.1 Å². The molecule has 1 fully saturated rings. The zero-order valence-electron chi connectivity index (χ0n) is 16.2. The standard InChI is InChI=1S/C20H30O6/c1-10(2)18-16(25-19(23)12(4)13(5)21)8-11(3)15(22)7-6-14-9-17(18)26-20(14)24/h6,10-13,16-18,21H,7-9H2,1-5H3/t11-,12-,13-,16+,17+,18+/m1/s1. The Morgan fingerprint density at radius 3 is 2.50 bits per heavy atom. The van der Waals surface area contributed by atoms with Gasteiger partial charge in [0.15, 0.2) is 0 Å². The summed E-state index contributed by atoms with van der Waals surface area (Å²) in [7, 11) is 0. The predicted octanol–water partition coefficient (Wildman–Crippen LogP) is 2.43. The van der Waals surface area contributed by atoms with Crippen LogP contribution in [0.4, 0.5) is 0 Å². The monoisotopic (exact) mass is 366 g/mol. The first kappa shape index (κ1) is 20.6. The molecule has 2 rings (SSSR count). The van der Waals surface area contributed by atoms with Crippen LogP contribution in [0.5, 0.6) is 0 Å². The van der Waals surface area contributed by atoms with Gasteiger partial charge in [0.05, 0.1) is 12.0 Å². The zero-order valence-corrected chi connectivity index (χ0v) is 16.2. The molecule has 0 aromatic rings. The van der Waals surface area contributed by atoms with Gasteiger partial charge in [-0.2, -0.15) is 0 Å². The van der Waals surface area contributed by atoms with E-state index in [0.717, 1.165) is 0 Å². The van der Waals surface area contributed by atoms with Crippen molar-refractivity contribution < 1.29 is 29.0 Å². The Kier molecular flexibility index (Phi) is 6.61. The Hall–Kier alpha value is -1.69. The van der Waals surface area contributed by atoms with Crippen LogP contribution < -0.4 is 0 Å². The van der Waals surface area contributed by atoms with Crippen LogP contribution in [0.15, 0.2) is 11.6 Å². The summed E-state index contributed by atoms with van der Waals surface area (Å²) < 4.78 is 11.3. The number of fused-ring (bicyclic) bond motifs is 2. The van der Waals surface area contributed by atoms with Gasteiger partial charge < -0.3 is 14.6 Å². The van der Waals surface area contributed by atoms with Gasteiger partial charge in [0.2, 0.25) is 0 Å². The van der Waals surface area contributed by atoms with Gasteiger partial charge in [-0.05, 0) is 26.2 Å². The Morgan fingerprint density at radius 1 is 1.27 bits per heavy atom. The molecule has 26 heavy (non-hydrogen) atoms. The Bertz CT molecular complexity index is 591. The first-order valence-electron chi connectivity index (χ1n) is 9.43. The molecule has 0 aromatic carbocycles. The first-order valence-corrected chi connectivity index (χ1v) is 9.43. The molecule has 2 aliphatic rings. The molecular weight excluding hydrogens is 336 g/mol. The summed E-state index contributed by atoms with van der Waals surface area (Å²) in [5.74, 6) is -1.93. The molecule has 0 amide bonds. The van der Waals surface area contributed by atoms with Crippen molar-refractivity contribution >= 4 is 17.7 Å². The minimum atomic E-state index is -0.822. The lowest BCUT2D eigenvalue weighted by Crippen LogP contribution is -2.42. The van der Waals surface area contributed by atoms with Gasteiger partial charge in [0.25, 0.3) is 0 Å². The number of allylic oxidation sites excluding steroid dienone is 1. The lowest BCUT2D eigenvalue weighted by Gasteiger charge is -2.35. The molecule has 1 heterocycles. The topological polar surface area (TPSA) is 89.9 Å². The molecule has 0 spiro atoms. The lowest BCUT2D eigenvalue weighted by atomic mass is 9.78. The smallest absolute Gasteiger partial charge is 0.334 e. The molecule has 2 bridgehead atoms. The maximum atomic E-state index is 12.4. The fraction of sp³-hybridized carbons (Fsp3) is 0.750. The predicted molar refractivity (Wildman–Crippen MR) is 95.0 cm³/mol. The van der Waals surface area contributed by atoms with Crippen LogP contribution in [0, 0.1) is 23.7 Å². The third kappa shape index (κ3) is 4.53. The van der Waals surface area contributed by atoms with Crippen LogP contribution in [0.25, 0.3) is 0 Å². The Balaban J connectivity index is 2.34. The van der Waals surface area contributed by atoms with Gasteiger partial charge in [-0.15, -0.1) is 0 Å². The van der Waals surface area contributed by atoms with Crippen molar-refractivity contribution in [2.24, 2.45) is 23.7 Å². The van der Waals surface area contributed by atoms with E-state index >= 15 is 0 Å². The molecule has 0 unspecified atom stereocenters. The van der Waals surface area contributed by atoms with Crippen molar-refractivity contribution in [2.45, 2.75) is 72.2 Å². The summed E-state index contributed by atoms with van der Waals surface area (Å²) in [5.41, 5.74) is 0.533. The van der Waals surface area contributed by atoms with Gasteiger partial charge in [-0.25, -0.2) is 4.79 Å². The highest BCUT2D eigenvalue weighted by Gasteiger charge is 2.43. The number of rotatable bonds is 4. The van der Waals surface area contributed by atoms with E-state index in [9.17, 15) is 19.5 Å². The second kappa shape index (κ2) is 8.33. The van der Waals surface area contributed by atoms with Gasteiger partial charge in [0.1, 0.15) is 18.0 Å².